The Bertz CT molecular complexity index is 1210. The van der Waals surface area contributed by atoms with Crippen molar-refractivity contribution in [3.8, 4) is 5.82 Å². The lowest BCUT2D eigenvalue weighted by molar-refractivity contribution is 0.102. The standard InChI is InChI=1S/C20H20ClF2N5O3S/c1-4-27-15(9-29)26-28(20(27)31)17-14(23)8-11(19(25-17)32-10(2)3)18(30)24-16-12(21)6-5-7-13(16)22/h5-8,10,29H,4,9H2,1-3H3,(H,24,30). The molecule has 1 amide bonds. The van der Waals surface area contributed by atoms with Gasteiger partial charge in [0.1, 0.15) is 17.5 Å². The number of rotatable bonds is 7. The lowest BCUT2D eigenvalue weighted by Crippen LogP contribution is -2.26. The number of halogens is 3. The third kappa shape index (κ3) is 4.69. The van der Waals surface area contributed by atoms with Crippen LogP contribution < -0.4 is 11.0 Å². The van der Waals surface area contributed by atoms with E-state index in [9.17, 15) is 19.1 Å². The van der Waals surface area contributed by atoms with Gasteiger partial charge in [-0.15, -0.1) is 16.9 Å². The first-order valence-corrected chi connectivity index (χ1v) is 10.9. The highest BCUT2D eigenvalue weighted by atomic mass is 35.5. The highest BCUT2D eigenvalue weighted by molar-refractivity contribution is 7.99. The fourth-order valence-electron chi connectivity index (χ4n) is 2.89. The summed E-state index contributed by atoms with van der Waals surface area (Å²) in [5.41, 5.74) is -1.08. The number of anilines is 1. The monoisotopic (exact) mass is 483 g/mol. The first-order chi connectivity index (χ1) is 15.2. The fraction of sp³-hybridized carbons (Fsp3) is 0.300. The minimum Gasteiger partial charge on any atom is -0.388 e. The summed E-state index contributed by atoms with van der Waals surface area (Å²) >= 11 is 7.12. The Kier molecular flexibility index (Phi) is 7.32. The molecule has 0 aliphatic heterocycles. The highest BCUT2D eigenvalue weighted by Crippen LogP contribution is 2.30. The maximum Gasteiger partial charge on any atom is 0.352 e. The molecule has 2 heterocycles. The van der Waals surface area contributed by atoms with Crippen LogP contribution >= 0.6 is 23.4 Å². The topological polar surface area (TPSA) is 102 Å². The number of carbonyl (C=O) groups excluding carboxylic acids is 1. The summed E-state index contributed by atoms with van der Waals surface area (Å²) in [6, 6.07) is 4.83. The summed E-state index contributed by atoms with van der Waals surface area (Å²) < 4.78 is 31.0. The number of nitrogens with zero attached hydrogens (tertiary/aromatic N) is 4. The average Bonchev–Trinajstić information content (AvgIpc) is 3.06. The summed E-state index contributed by atoms with van der Waals surface area (Å²) in [6.07, 6.45) is 0. The van der Waals surface area contributed by atoms with Gasteiger partial charge in [0, 0.05) is 11.8 Å². The van der Waals surface area contributed by atoms with Crippen LogP contribution in [0.5, 0.6) is 0 Å². The molecule has 12 heteroatoms. The molecule has 0 atom stereocenters. The number of benzene rings is 1. The molecule has 0 aliphatic rings. The number of aliphatic hydroxyl groups is 1. The Labute approximate surface area is 191 Å². The molecule has 0 saturated carbocycles. The van der Waals surface area contributed by atoms with Crippen LogP contribution in [0.1, 0.15) is 37.0 Å². The number of thioether (sulfide) groups is 1. The Morgan fingerprint density at radius 1 is 1.31 bits per heavy atom. The summed E-state index contributed by atoms with van der Waals surface area (Å²) in [5.74, 6) is -2.92. The second-order valence-electron chi connectivity index (χ2n) is 6.88. The number of carbonyl (C=O) groups is 1. The van der Waals surface area contributed by atoms with E-state index in [2.05, 4.69) is 15.4 Å². The zero-order valence-corrected chi connectivity index (χ0v) is 19.0. The van der Waals surface area contributed by atoms with Crippen molar-refractivity contribution in [2.45, 2.75) is 44.2 Å². The number of amides is 1. The fourth-order valence-corrected chi connectivity index (χ4v) is 3.97. The lowest BCUT2D eigenvalue weighted by atomic mass is 10.2. The lowest BCUT2D eigenvalue weighted by Gasteiger charge is -2.14. The number of hydrogen-bond donors (Lipinski definition) is 2. The molecule has 3 rings (SSSR count). The largest absolute Gasteiger partial charge is 0.388 e. The Morgan fingerprint density at radius 2 is 2.03 bits per heavy atom. The molecule has 0 unspecified atom stereocenters. The van der Waals surface area contributed by atoms with Crippen molar-refractivity contribution < 1.29 is 18.7 Å². The van der Waals surface area contributed by atoms with Gasteiger partial charge in [-0.2, -0.15) is 4.68 Å². The van der Waals surface area contributed by atoms with Crippen molar-refractivity contribution in [1.29, 1.82) is 0 Å². The molecule has 0 radical (unpaired) electrons. The number of pyridine rings is 1. The van der Waals surface area contributed by atoms with E-state index < -0.39 is 35.7 Å². The minimum absolute atomic E-state index is 0.0188. The first kappa shape index (κ1) is 23.9. The van der Waals surface area contributed by atoms with Gasteiger partial charge < -0.3 is 10.4 Å². The molecule has 170 valence electrons. The van der Waals surface area contributed by atoms with E-state index in [1.807, 2.05) is 13.8 Å². The van der Waals surface area contributed by atoms with E-state index in [1.165, 1.54) is 16.7 Å². The zero-order chi connectivity index (χ0) is 23.6. The van der Waals surface area contributed by atoms with Gasteiger partial charge in [0.25, 0.3) is 5.91 Å². The van der Waals surface area contributed by atoms with E-state index in [1.54, 1.807) is 6.92 Å². The summed E-state index contributed by atoms with van der Waals surface area (Å²) in [6.45, 7) is 5.06. The van der Waals surface area contributed by atoms with E-state index in [0.29, 0.717) is 0 Å². The van der Waals surface area contributed by atoms with Crippen molar-refractivity contribution in [3.63, 3.8) is 0 Å². The summed E-state index contributed by atoms with van der Waals surface area (Å²) in [4.78, 5) is 29.6. The quantitative estimate of drug-likeness (QED) is 0.498. The van der Waals surface area contributed by atoms with Crippen molar-refractivity contribution in [2.24, 2.45) is 0 Å². The number of aromatic nitrogens is 4. The van der Waals surface area contributed by atoms with Crippen molar-refractivity contribution in [3.05, 3.63) is 62.8 Å². The third-order valence-corrected chi connectivity index (χ3v) is 5.63. The van der Waals surface area contributed by atoms with E-state index >= 15 is 4.39 Å². The molecule has 0 saturated heterocycles. The molecule has 0 spiro atoms. The number of aliphatic hydroxyl groups excluding tert-OH is 1. The molecule has 1 aromatic carbocycles. The normalized spacial score (nSPS) is 11.2. The average molecular weight is 484 g/mol. The van der Waals surface area contributed by atoms with Crippen molar-refractivity contribution in [1.82, 2.24) is 19.3 Å². The molecule has 8 nitrogen and oxygen atoms in total. The van der Waals surface area contributed by atoms with Crippen LogP contribution in [0.4, 0.5) is 14.5 Å². The molecule has 0 bridgehead atoms. The molecule has 3 aromatic rings. The zero-order valence-electron chi connectivity index (χ0n) is 17.4. The van der Waals surface area contributed by atoms with Gasteiger partial charge in [0.05, 0.1) is 16.3 Å². The first-order valence-electron chi connectivity index (χ1n) is 9.60. The van der Waals surface area contributed by atoms with Gasteiger partial charge >= 0.3 is 5.69 Å². The van der Waals surface area contributed by atoms with Gasteiger partial charge in [-0.25, -0.2) is 18.6 Å². The van der Waals surface area contributed by atoms with Crippen LogP contribution in [0.2, 0.25) is 5.02 Å². The molecule has 2 aromatic heterocycles. The molecule has 0 aliphatic carbocycles. The predicted molar refractivity (Wildman–Crippen MR) is 118 cm³/mol. The van der Waals surface area contributed by atoms with E-state index in [0.717, 1.165) is 28.6 Å². The van der Waals surface area contributed by atoms with Crippen LogP contribution in [-0.4, -0.2) is 35.6 Å². The van der Waals surface area contributed by atoms with E-state index in [4.69, 9.17) is 11.6 Å². The summed E-state index contributed by atoms with van der Waals surface area (Å²) in [5, 5.41) is 15.8. The second-order valence-corrected chi connectivity index (χ2v) is 8.85. The Balaban J connectivity index is 2.11. The van der Waals surface area contributed by atoms with Gasteiger partial charge in [0.2, 0.25) is 0 Å². The van der Waals surface area contributed by atoms with Gasteiger partial charge in [0.15, 0.2) is 17.5 Å². The van der Waals surface area contributed by atoms with Crippen LogP contribution in [0.3, 0.4) is 0 Å². The van der Waals surface area contributed by atoms with Gasteiger partial charge in [-0.3, -0.25) is 9.36 Å². The minimum atomic E-state index is -0.991. The maximum absolute atomic E-state index is 15.0. The predicted octanol–water partition coefficient (Wildman–Crippen LogP) is 3.63. The van der Waals surface area contributed by atoms with Crippen LogP contribution in [0.15, 0.2) is 34.1 Å². The van der Waals surface area contributed by atoms with E-state index in [-0.39, 0.29) is 38.9 Å². The highest BCUT2D eigenvalue weighted by Gasteiger charge is 2.24. The molecule has 0 fully saturated rings. The molecule has 2 N–H and O–H groups in total. The number of para-hydroxylation sites is 1. The SMILES string of the molecule is CCn1c(CO)nn(-c2nc(SC(C)C)c(C(=O)Nc3c(F)cccc3Cl)cc2F)c1=O. The number of nitrogens with one attached hydrogen (secondary N) is 1. The van der Waals surface area contributed by atoms with Crippen LogP contribution in [0, 0.1) is 11.6 Å². The van der Waals surface area contributed by atoms with Crippen LogP contribution in [-0.2, 0) is 13.2 Å². The smallest absolute Gasteiger partial charge is 0.352 e. The van der Waals surface area contributed by atoms with Crippen molar-refractivity contribution in [2.75, 3.05) is 5.32 Å². The molecular formula is C20H20ClF2N5O3S. The molecular weight excluding hydrogens is 464 g/mol. The van der Waals surface area contributed by atoms with Gasteiger partial charge in [-0.1, -0.05) is 31.5 Å². The maximum atomic E-state index is 15.0. The van der Waals surface area contributed by atoms with Crippen LogP contribution in [0.25, 0.3) is 5.82 Å². The van der Waals surface area contributed by atoms with Crippen molar-refractivity contribution >= 4 is 35.0 Å². The molecule has 32 heavy (non-hydrogen) atoms. The second kappa shape index (κ2) is 9.80. The number of hydrogen-bond acceptors (Lipinski definition) is 6. The third-order valence-electron chi connectivity index (χ3n) is 4.31. The summed E-state index contributed by atoms with van der Waals surface area (Å²) in [7, 11) is 0. The Hall–Kier alpha value is -2.76. The van der Waals surface area contributed by atoms with Gasteiger partial charge in [-0.05, 0) is 25.1 Å². The Morgan fingerprint density at radius 3 is 2.59 bits per heavy atom.